The fourth-order valence-electron chi connectivity index (χ4n) is 3.42. The Morgan fingerprint density at radius 3 is 2.76 bits per heavy atom. The van der Waals surface area contributed by atoms with E-state index in [0.717, 1.165) is 37.7 Å². The summed E-state index contributed by atoms with van der Waals surface area (Å²) in [5, 5.41) is 8.88. The Bertz CT molecular complexity index is 1110. The van der Waals surface area contributed by atoms with Gasteiger partial charge in [0.1, 0.15) is 15.8 Å². The van der Waals surface area contributed by atoms with Gasteiger partial charge in [0, 0.05) is 25.8 Å². The third-order valence-corrected chi connectivity index (χ3v) is 6.23. The molecule has 2 aromatic rings. The molecule has 0 atom stereocenters. The Kier molecular flexibility index (Phi) is 5.37. The Morgan fingerprint density at radius 2 is 2.03 bits per heavy atom. The summed E-state index contributed by atoms with van der Waals surface area (Å²) < 4.78 is 1.75. The molecule has 0 bridgehead atoms. The topological polar surface area (TPSA) is 95.2 Å². The molecule has 1 amide bonds. The van der Waals surface area contributed by atoms with Crippen LogP contribution in [-0.2, 0) is 9.59 Å². The highest BCUT2D eigenvalue weighted by Crippen LogP contribution is 2.34. The number of carbonyl (C=O) groups is 2. The minimum atomic E-state index is -1.00. The molecule has 1 N–H and O–H groups in total. The molecule has 10 heteroatoms. The molecule has 0 aromatic carbocycles. The number of nitrogens with zero attached hydrogens (tertiary/aromatic N) is 4. The first kappa shape index (κ1) is 19.6. The van der Waals surface area contributed by atoms with Gasteiger partial charge in [-0.25, -0.2) is 4.98 Å². The van der Waals surface area contributed by atoms with Crippen LogP contribution in [0.15, 0.2) is 34.1 Å². The quantitative estimate of drug-likeness (QED) is 0.568. The number of hydrogen-bond donors (Lipinski definition) is 1. The average molecular weight is 431 g/mol. The maximum atomic E-state index is 13.2. The fraction of sp³-hybridized carbons (Fsp3) is 0.316. The summed E-state index contributed by atoms with van der Waals surface area (Å²) in [6, 6.07) is 5.35. The minimum absolute atomic E-state index is 0.00523. The van der Waals surface area contributed by atoms with Crippen molar-refractivity contribution in [1.29, 1.82) is 0 Å². The normalized spacial score (nSPS) is 18.4. The lowest BCUT2D eigenvalue weighted by molar-refractivity contribution is -0.137. The van der Waals surface area contributed by atoms with Crippen molar-refractivity contribution in [2.24, 2.45) is 0 Å². The number of hydrogen-bond acceptors (Lipinski definition) is 7. The molecule has 0 unspecified atom stereocenters. The van der Waals surface area contributed by atoms with Gasteiger partial charge in [-0.05, 0) is 31.1 Å². The molecular weight excluding hydrogens is 412 g/mol. The average Bonchev–Trinajstić information content (AvgIpc) is 3.31. The number of thioether (sulfide) groups is 1. The molecule has 2 aromatic heterocycles. The second kappa shape index (κ2) is 7.96. The summed E-state index contributed by atoms with van der Waals surface area (Å²) in [5.41, 5.74) is 0.633. The van der Waals surface area contributed by atoms with Crippen molar-refractivity contribution in [1.82, 2.24) is 14.3 Å². The van der Waals surface area contributed by atoms with Gasteiger partial charge in [-0.1, -0.05) is 30.0 Å². The molecule has 0 aliphatic carbocycles. The first-order valence-electron chi connectivity index (χ1n) is 9.19. The number of carboxylic acid groups (broad SMARTS) is 1. The molecule has 8 nitrogen and oxygen atoms in total. The molecule has 150 valence electrons. The molecule has 2 aliphatic heterocycles. The Balaban J connectivity index is 1.79. The van der Waals surface area contributed by atoms with E-state index in [-0.39, 0.29) is 24.4 Å². The van der Waals surface area contributed by atoms with Crippen LogP contribution in [0.3, 0.4) is 0 Å². The van der Waals surface area contributed by atoms with Gasteiger partial charge in [-0.3, -0.25) is 23.7 Å². The second-order valence-electron chi connectivity index (χ2n) is 6.75. The van der Waals surface area contributed by atoms with Crippen molar-refractivity contribution in [2.75, 3.05) is 24.5 Å². The van der Waals surface area contributed by atoms with E-state index < -0.39 is 5.97 Å². The lowest BCUT2D eigenvalue weighted by atomic mass is 10.2. The van der Waals surface area contributed by atoms with E-state index in [1.165, 1.54) is 9.30 Å². The Morgan fingerprint density at radius 1 is 1.28 bits per heavy atom. The summed E-state index contributed by atoms with van der Waals surface area (Å²) in [6.45, 7) is 1.61. The summed E-state index contributed by atoms with van der Waals surface area (Å²) in [4.78, 5) is 45.1. The number of rotatable bonds is 5. The zero-order chi connectivity index (χ0) is 20.5. The molecule has 0 radical (unpaired) electrons. The van der Waals surface area contributed by atoms with Crippen LogP contribution in [0.25, 0.3) is 11.7 Å². The van der Waals surface area contributed by atoms with E-state index >= 15 is 0 Å². The highest BCUT2D eigenvalue weighted by molar-refractivity contribution is 8.26. The predicted molar refractivity (Wildman–Crippen MR) is 115 cm³/mol. The SMILES string of the molecule is O=C(O)CCN1C(=O)/C(=C\c2c(N3CCCC3)nc3ccccn3c2=O)SC1=S. The number of amides is 1. The van der Waals surface area contributed by atoms with Crippen LogP contribution in [0.2, 0.25) is 0 Å². The summed E-state index contributed by atoms with van der Waals surface area (Å²) in [7, 11) is 0. The maximum Gasteiger partial charge on any atom is 0.305 e. The standard InChI is InChI=1S/C19H18N4O4S2/c24-15(25)6-10-23-18(27)13(29-19(23)28)11-12-16(21-7-3-4-8-21)20-14-5-1-2-9-22(14)17(12)26/h1-2,5,9,11H,3-4,6-8,10H2,(H,24,25)/b13-11+. The van der Waals surface area contributed by atoms with E-state index in [4.69, 9.17) is 17.3 Å². The smallest absolute Gasteiger partial charge is 0.305 e. The van der Waals surface area contributed by atoms with Gasteiger partial charge in [0.15, 0.2) is 0 Å². The molecule has 0 spiro atoms. The second-order valence-corrected chi connectivity index (χ2v) is 8.43. The summed E-state index contributed by atoms with van der Waals surface area (Å²) in [6.07, 6.45) is 5.04. The van der Waals surface area contributed by atoms with Crippen LogP contribution in [-0.4, -0.2) is 55.2 Å². The number of carbonyl (C=O) groups excluding carboxylic acids is 1. The van der Waals surface area contributed by atoms with Gasteiger partial charge in [0.2, 0.25) is 0 Å². The van der Waals surface area contributed by atoms with Crippen LogP contribution in [0.4, 0.5) is 5.82 Å². The lowest BCUT2D eigenvalue weighted by Gasteiger charge is -2.19. The van der Waals surface area contributed by atoms with Crippen LogP contribution >= 0.6 is 24.0 Å². The zero-order valence-electron chi connectivity index (χ0n) is 15.4. The molecular formula is C19H18N4O4S2. The van der Waals surface area contributed by atoms with Crippen LogP contribution in [0, 0.1) is 0 Å². The van der Waals surface area contributed by atoms with Crippen molar-refractivity contribution in [3.05, 3.63) is 45.2 Å². The van der Waals surface area contributed by atoms with Crippen LogP contribution < -0.4 is 10.5 Å². The van der Waals surface area contributed by atoms with Gasteiger partial charge in [0.25, 0.3) is 11.5 Å². The number of aliphatic carboxylic acids is 1. The monoisotopic (exact) mass is 430 g/mol. The lowest BCUT2D eigenvalue weighted by Crippen LogP contribution is -2.30. The number of anilines is 1. The predicted octanol–water partition coefficient (Wildman–Crippen LogP) is 1.97. The van der Waals surface area contributed by atoms with Crippen molar-refractivity contribution in [2.45, 2.75) is 19.3 Å². The van der Waals surface area contributed by atoms with Crippen molar-refractivity contribution in [3.8, 4) is 0 Å². The molecule has 29 heavy (non-hydrogen) atoms. The molecule has 2 saturated heterocycles. The largest absolute Gasteiger partial charge is 0.481 e. The number of fused-ring (bicyclic) bond motifs is 1. The number of aromatic nitrogens is 2. The van der Waals surface area contributed by atoms with Crippen molar-refractivity contribution in [3.63, 3.8) is 0 Å². The summed E-state index contributed by atoms with van der Waals surface area (Å²) >= 11 is 6.31. The maximum absolute atomic E-state index is 13.2. The van der Waals surface area contributed by atoms with Crippen LogP contribution in [0.1, 0.15) is 24.8 Å². The first-order chi connectivity index (χ1) is 14.0. The van der Waals surface area contributed by atoms with E-state index in [9.17, 15) is 14.4 Å². The Hall–Kier alpha value is -2.72. The minimum Gasteiger partial charge on any atom is -0.481 e. The molecule has 2 fully saturated rings. The van der Waals surface area contributed by atoms with Crippen molar-refractivity contribution < 1.29 is 14.7 Å². The van der Waals surface area contributed by atoms with E-state index in [1.54, 1.807) is 24.4 Å². The molecule has 0 saturated carbocycles. The fourth-order valence-corrected chi connectivity index (χ4v) is 4.71. The number of pyridine rings is 1. The van der Waals surface area contributed by atoms with Gasteiger partial charge < -0.3 is 10.0 Å². The van der Waals surface area contributed by atoms with Gasteiger partial charge in [-0.15, -0.1) is 0 Å². The Labute approximate surface area is 175 Å². The molecule has 4 heterocycles. The highest BCUT2D eigenvalue weighted by Gasteiger charge is 2.33. The van der Waals surface area contributed by atoms with E-state index in [2.05, 4.69) is 9.88 Å². The number of carboxylic acids is 1. The van der Waals surface area contributed by atoms with Gasteiger partial charge in [-0.2, -0.15) is 0 Å². The summed E-state index contributed by atoms with van der Waals surface area (Å²) in [5.74, 6) is -0.822. The van der Waals surface area contributed by atoms with Crippen molar-refractivity contribution >= 4 is 57.7 Å². The first-order valence-corrected chi connectivity index (χ1v) is 10.4. The van der Waals surface area contributed by atoms with Gasteiger partial charge >= 0.3 is 5.97 Å². The molecule has 4 rings (SSSR count). The highest BCUT2D eigenvalue weighted by atomic mass is 32.2. The van der Waals surface area contributed by atoms with Crippen LogP contribution in [0.5, 0.6) is 0 Å². The van der Waals surface area contributed by atoms with E-state index in [1.807, 2.05) is 6.07 Å². The number of thiocarbonyl (C=S) groups is 1. The zero-order valence-corrected chi connectivity index (χ0v) is 17.0. The van der Waals surface area contributed by atoms with Gasteiger partial charge in [0.05, 0.1) is 16.9 Å². The third kappa shape index (κ3) is 3.77. The van der Waals surface area contributed by atoms with E-state index in [0.29, 0.717) is 26.3 Å². The third-order valence-electron chi connectivity index (χ3n) is 4.85. The molecule has 2 aliphatic rings.